The van der Waals surface area contributed by atoms with Crippen molar-refractivity contribution in [1.82, 2.24) is 4.90 Å². The number of aryl methyl sites for hydroxylation is 1. The van der Waals surface area contributed by atoms with E-state index in [0.29, 0.717) is 0 Å². The van der Waals surface area contributed by atoms with Crippen LogP contribution in [0.25, 0.3) is 0 Å². The summed E-state index contributed by atoms with van der Waals surface area (Å²) in [5, 5.41) is 6.11. The highest BCUT2D eigenvalue weighted by Crippen LogP contribution is 2.43. The van der Waals surface area contributed by atoms with Crippen LogP contribution in [0, 0.1) is 13.8 Å². The van der Waals surface area contributed by atoms with Crippen molar-refractivity contribution in [3.05, 3.63) is 68.2 Å². The molecular formula is C23H26N2O2S2. The Labute approximate surface area is 180 Å². The first-order valence-corrected chi connectivity index (χ1v) is 11.6. The van der Waals surface area contributed by atoms with Crippen molar-refractivity contribution in [1.29, 1.82) is 0 Å². The predicted molar refractivity (Wildman–Crippen MR) is 122 cm³/mol. The minimum absolute atomic E-state index is 0.0302. The first-order chi connectivity index (χ1) is 14.1. The molecule has 0 saturated carbocycles. The highest BCUT2D eigenvalue weighted by Gasteiger charge is 2.31. The smallest absolute Gasteiger partial charge is 0.266 e. The van der Waals surface area contributed by atoms with Gasteiger partial charge in [-0.2, -0.15) is 0 Å². The molecule has 1 atom stereocenters. The molecule has 0 bridgehead atoms. The van der Waals surface area contributed by atoms with Gasteiger partial charge in [-0.1, -0.05) is 18.2 Å². The molecule has 4 nitrogen and oxygen atoms in total. The van der Waals surface area contributed by atoms with Crippen molar-refractivity contribution in [2.45, 2.75) is 32.7 Å². The molecule has 6 heteroatoms. The average Bonchev–Trinajstić information content (AvgIpc) is 3.49. The van der Waals surface area contributed by atoms with Crippen molar-refractivity contribution in [3.8, 4) is 5.75 Å². The van der Waals surface area contributed by atoms with Crippen LogP contribution in [0.2, 0.25) is 0 Å². The lowest BCUT2D eigenvalue weighted by Crippen LogP contribution is -2.27. The summed E-state index contributed by atoms with van der Waals surface area (Å²) in [6, 6.07) is 12.3. The molecule has 1 saturated heterocycles. The number of ether oxygens (including phenoxy) is 1. The van der Waals surface area contributed by atoms with Gasteiger partial charge in [0.1, 0.15) is 10.8 Å². The molecule has 29 heavy (non-hydrogen) atoms. The number of thiophene rings is 2. The lowest BCUT2D eigenvalue weighted by Gasteiger charge is -2.29. The molecule has 1 amide bonds. The molecule has 1 N–H and O–H groups in total. The number of hydrogen-bond acceptors (Lipinski definition) is 5. The van der Waals surface area contributed by atoms with Crippen molar-refractivity contribution >= 4 is 33.6 Å². The minimum atomic E-state index is -0.0302. The number of carbonyl (C=O) groups excluding carboxylic acids is 1. The number of carbonyl (C=O) groups is 1. The Hall–Kier alpha value is -2.15. The largest absolute Gasteiger partial charge is 0.497 e. The van der Waals surface area contributed by atoms with E-state index in [9.17, 15) is 4.79 Å². The first-order valence-electron chi connectivity index (χ1n) is 9.91. The first kappa shape index (κ1) is 20.1. The van der Waals surface area contributed by atoms with Crippen LogP contribution in [0.1, 0.15) is 50.1 Å². The van der Waals surface area contributed by atoms with Crippen LogP contribution in [0.3, 0.4) is 0 Å². The summed E-state index contributed by atoms with van der Waals surface area (Å²) in [5.74, 6) is 0.829. The summed E-state index contributed by atoms with van der Waals surface area (Å²) < 4.78 is 5.36. The van der Waals surface area contributed by atoms with Crippen molar-refractivity contribution in [2.24, 2.45) is 0 Å². The Morgan fingerprint density at radius 2 is 1.86 bits per heavy atom. The quantitative estimate of drug-likeness (QED) is 0.536. The number of nitrogens with zero attached hydrogens (tertiary/aromatic N) is 1. The lowest BCUT2D eigenvalue weighted by atomic mass is 9.95. The summed E-state index contributed by atoms with van der Waals surface area (Å²) in [4.78, 5) is 17.3. The van der Waals surface area contributed by atoms with Crippen molar-refractivity contribution < 1.29 is 9.53 Å². The van der Waals surface area contributed by atoms with Gasteiger partial charge in [0, 0.05) is 10.4 Å². The topological polar surface area (TPSA) is 41.6 Å². The van der Waals surface area contributed by atoms with Gasteiger partial charge in [-0.25, -0.2) is 0 Å². The number of methoxy groups -OCH3 is 1. The van der Waals surface area contributed by atoms with Gasteiger partial charge in [0.05, 0.1) is 18.0 Å². The number of anilines is 1. The Bertz CT molecular complexity index is 971. The Kier molecular flexibility index (Phi) is 6.04. The van der Waals surface area contributed by atoms with E-state index in [1.54, 1.807) is 18.4 Å². The highest BCUT2D eigenvalue weighted by molar-refractivity contribution is 7.17. The summed E-state index contributed by atoms with van der Waals surface area (Å²) in [5.41, 5.74) is 3.73. The molecule has 0 spiro atoms. The third-order valence-corrected chi connectivity index (χ3v) is 7.62. The third-order valence-electron chi connectivity index (χ3n) is 5.61. The average molecular weight is 427 g/mol. The fraction of sp³-hybridized carbons (Fsp3) is 0.348. The summed E-state index contributed by atoms with van der Waals surface area (Å²) in [7, 11) is 1.69. The SMILES string of the molecule is COc1ccc([C@H](c2c(NC(=O)c3cccs3)sc(C)c2C)N2CCCC2)cc1. The van der Waals surface area contributed by atoms with Gasteiger partial charge in [0.25, 0.3) is 5.91 Å². The van der Waals surface area contributed by atoms with E-state index in [0.717, 1.165) is 28.7 Å². The second-order valence-electron chi connectivity index (χ2n) is 7.38. The molecule has 2 aromatic heterocycles. The van der Waals surface area contributed by atoms with E-state index in [-0.39, 0.29) is 11.9 Å². The Morgan fingerprint density at radius 1 is 1.14 bits per heavy atom. The van der Waals surface area contributed by atoms with Crippen LogP contribution in [-0.4, -0.2) is 31.0 Å². The molecule has 1 fully saturated rings. The van der Waals surface area contributed by atoms with Gasteiger partial charge in [0.15, 0.2) is 0 Å². The maximum Gasteiger partial charge on any atom is 0.266 e. The van der Waals surface area contributed by atoms with Gasteiger partial charge < -0.3 is 10.1 Å². The van der Waals surface area contributed by atoms with Gasteiger partial charge >= 0.3 is 0 Å². The van der Waals surface area contributed by atoms with Crippen LogP contribution in [-0.2, 0) is 0 Å². The molecular weight excluding hydrogens is 400 g/mol. The summed E-state index contributed by atoms with van der Waals surface area (Å²) in [6.45, 7) is 6.46. The fourth-order valence-corrected chi connectivity index (χ4v) is 5.69. The van der Waals surface area contributed by atoms with Crippen LogP contribution in [0.5, 0.6) is 5.75 Å². The van der Waals surface area contributed by atoms with Gasteiger partial charge in [-0.3, -0.25) is 9.69 Å². The van der Waals surface area contributed by atoms with Crippen LogP contribution in [0.4, 0.5) is 5.00 Å². The number of amides is 1. The van der Waals surface area contributed by atoms with Gasteiger partial charge in [-0.05, 0) is 74.5 Å². The van der Waals surface area contributed by atoms with E-state index in [2.05, 4.69) is 36.2 Å². The molecule has 0 radical (unpaired) electrons. The molecule has 1 aromatic carbocycles. The second kappa shape index (κ2) is 8.69. The Balaban J connectivity index is 1.76. The number of nitrogens with one attached hydrogen (secondary N) is 1. The maximum absolute atomic E-state index is 12.8. The Morgan fingerprint density at radius 3 is 2.48 bits per heavy atom. The predicted octanol–water partition coefficient (Wildman–Crippen LogP) is 5.87. The minimum Gasteiger partial charge on any atom is -0.497 e. The van der Waals surface area contributed by atoms with E-state index >= 15 is 0 Å². The molecule has 152 valence electrons. The molecule has 3 heterocycles. The lowest BCUT2D eigenvalue weighted by molar-refractivity contribution is 0.103. The summed E-state index contributed by atoms with van der Waals surface area (Å²) >= 11 is 3.15. The molecule has 1 aliphatic rings. The van der Waals surface area contributed by atoms with Crippen molar-refractivity contribution in [3.63, 3.8) is 0 Å². The fourth-order valence-electron chi connectivity index (χ4n) is 3.99. The van der Waals surface area contributed by atoms with Crippen LogP contribution in [0.15, 0.2) is 41.8 Å². The van der Waals surface area contributed by atoms with Gasteiger partial charge in [-0.15, -0.1) is 22.7 Å². The molecule has 0 aliphatic carbocycles. The molecule has 0 unspecified atom stereocenters. The van der Waals surface area contributed by atoms with Gasteiger partial charge in [0.2, 0.25) is 0 Å². The number of rotatable bonds is 6. The van der Waals surface area contributed by atoms with E-state index in [1.165, 1.54) is 45.7 Å². The highest BCUT2D eigenvalue weighted by atomic mass is 32.1. The van der Waals surface area contributed by atoms with E-state index < -0.39 is 0 Å². The normalized spacial score (nSPS) is 15.4. The monoisotopic (exact) mass is 426 g/mol. The van der Waals surface area contributed by atoms with E-state index in [1.807, 2.05) is 29.6 Å². The van der Waals surface area contributed by atoms with Crippen LogP contribution >= 0.6 is 22.7 Å². The van der Waals surface area contributed by atoms with Crippen molar-refractivity contribution in [2.75, 3.05) is 25.5 Å². The second-order valence-corrected chi connectivity index (χ2v) is 9.55. The number of likely N-dealkylation sites (tertiary alicyclic amines) is 1. The molecule has 1 aliphatic heterocycles. The maximum atomic E-state index is 12.8. The zero-order chi connectivity index (χ0) is 20.4. The molecule has 3 aromatic rings. The number of hydrogen-bond donors (Lipinski definition) is 1. The van der Waals surface area contributed by atoms with Crippen LogP contribution < -0.4 is 10.1 Å². The zero-order valence-electron chi connectivity index (χ0n) is 17.0. The van der Waals surface area contributed by atoms with E-state index in [4.69, 9.17) is 4.74 Å². The standard InChI is InChI=1S/C23H26N2O2S2/c1-15-16(2)29-23(24-22(26)19-7-6-14-28-19)20(15)21(25-12-4-5-13-25)17-8-10-18(27-3)11-9-17/h6-11,14,21H,4-5,12-13H2,1-3H3,(H,24,26)/t21-/m1/s1. The third kappa shape index (κ3) is 4.10. The zero-order valence-corrected chi connectivity index (χ0v) is 18.7. The summed E-state index contributed by atoms with van der Waals surface area (Å²) in [6.07, 6.45) is 2.43. The number of benzene rings is 1. The molecule has 4 rings (SSSR count).